The summed E-state index contributed by atoms with van der Waals surface area (Å²) < 4.78 is 17.5. The van der Waals surface area contributed by atoms with Crippen LogP contribution in [-0.4, -0.2) is 79.0 Å². The Hall–Kier alpha value is -2.88. The van der Waals surface area contributed by atoms with E-state index in [1.165, 1.54) is 11.8 Å². The number of ether oxygens (including phenoxy) is 3. The minimum absolute atomic E-state index is 0.00212. The summed E-state index contributed by atoms with van der Waals surface area (Å²) in [6, 6.07) is 17.5. The third kappa shape index (κ3) is 6.09. The van der Waals surface area contributed by atoms with Crippen molar-refractivity contribution in [3.63, 3.8) is 0 Å². The van der Waals surface area contributed by atoms with Crippen LogP contribution in [0.4, 0.5) is 0 Å². The molecule has 3 aromatic rings. The number of thioether (sulfide) groups is 1. The molecule has 0 aliphatic rings. The van der Waals surface area contributed by atoms with Crippen molar-refractivity contribution < 1.29 is 19.0 Å². The summed E-state index contributed by atoms with van der Waals surface area (Å²) in [6.07, 6.45) is 0. The van der Waals surface area contributed by atoms with Crippen LogP contribution in [0.1, 0.15) is 0 Å². The van der Waals surface area contributed by atoms with E-state index in [-0.39, 0.29) is 11.7 Å². The van der Waals surface area contributed by atoms with Gasteiger partial charge >= 0.3 is 0 Å². The number of hydrogen-bond donors (Lipinski definition) is 0. The number of para-hydroxylation sites is 1. The van der Waals surface area contributed by atoms with Gasteiger partial charge in [0.25, 0.3) is 0 Å². The van der Waals surface area contributed by atoms with Crippen molar-refractivity contribution in [2.75, 3.05) is 53.4 Å². The van der Waals surface area contributed by atoms with Gasteiger partial charge in [-0.1, -0.05) is 30.0 Å². The minimum Gasteiger partial charge on any atom is -0.497 e. The number of rotatable bonds is 12. The quantitative estimate of drug-likeness (QED) is 0.387. The molecular formula is C23H28N4O4S. The van der Waals surface area contributed by atoms with Gasteiger partial charge in [-0.05, 0) is 36.4 Å². The lowest BCUT2D eigenvalue weighted by Crippen LogP contribution is -2.37. The maximum absolute atomic E-state index is 12.8. The standard InChI is InChI=1S/C23H28N4O4S/c1-29-15-13-26(14-16-30-2)21(28)17-32-23-25-24-22(18-9-11-20(31-3)12-10-18)27(23)19-7-5-4-6-8-19/h4-12H,13-17H2,1-3H3. The zero-order valence-electron chi connectivity index (χ0n) is 18.6. The summed E-state index contributed by atoms with van der Waals surface area (Å²) in [4.78, 5) is 14.6. The number of aromatic nitrogens is 3. The molecule has 3 rings (SSSR count). The van der Waals surface area contributed by atoms with Gasteiger partial charge in [-0.3, -0.25) is 9.36 Å². The summed E-state index contributed by atoms with van der Waals surface area (Å²) in [5.41, 5.74) is 1.83. The van der Waals surface area contributed by atoms with Crippen molar-refractivity contribution >= 4 is 17.7 Å². The van der Waals surface area contributed by atoms with Gasteiger partial charge in [0, 0.05) is 38.6 Å². The normalized spacial score (nSPS) is 10.8. The molecule has 1 heterocycles. The molecule has 0 unspecified atom stereocenters. The second-order valence-corrected chi connectivity index (χ2v) is 7.80. The number of nitrogens with zero attached hydrogens (tertiary/aromatic N) is 4. The van der Waals surface area contributed by atoms with Gasteiger partial charge in [0.05, 0.1) is 26.1 Å². The lowest BCUT2D eigenvalue weighted by atomic mass is 10.2. The number of benzene rings is 2. The average molecular weight is 457 g/mol. The average Bonchev–Trinajstić information content (AvgIpc) is 3.27. The number of carbonyl (C=O) groups is 1. The second kappa shape index (κ2) is 12.2. The Balaban J connectivity index is 1.84. The van der Waals surface area contributed by atoms with Gasteiger partial charge in [0.1, 0.15) is 5.75 Å². The third-order valence-corrected chi connectivity index (χ3v) is 5.72. The SMILES string of the molecule is COCCN(CCOC)C(=O)CSc1nnc(-c2ccc(OC)cc2)n1-c1ccccc1. The van der Waals surface area contributed by atoms with E-state index in [1.54, 1.807) is 26.2 Å². The van der Waals surface area contributed by atoms with Gasteiger partial charge in [-0.15, -0.1) is 10.2 Å². The fourth-order valence-electron chi connectivity index (χ4n) is 3.08. The first kappa shape index (κ1) is 23.8. The largest absolute Gasteiger partial charge is 0.497 e. The van der Waals surface area contributed by atoms with Crippen molar-refractivity contribution in [3.8, 4) is 22.8 Å². The molecule has 0 radical (unpaired) electrons. The van der Waals surface area contributed by atoms with E-state index in [9.17, 15) is 4.79 Å². The molecule has 0 N–H and O–H groups in total. The van der Waals surface area contributed by atoms with Crippen LogP contribution in [0.3, 0.4) is 0 Å². The highest BCUT2D eigenvalue weighted by Crippen LogP contribution is 2.29. The number of carbonyl (C=O) groups excluding carboxylic acids is 1. The van der Waals surface area contributed by atoms with E-state index in [0.29, 0.717) is 37.3 Å². The Morgan fingerprint density at radius 3 is 2.19 bits per heavy atom. The summed E-state index contributed by atoms with van der Waals surface area (Å²) in [7, 11) is 4.88. The topological polar surface area (TPSA) is 78.7 Å². The van der Waals surface area contributed by atoms with Crippen LogP contribution in [0.5, 0.6) is 5.75 Å². The van der Waals surface area contributed by atoms with Crippen molar-refractivity contribution in [1.82, 2.24) is 19.7 Å². The van der Waals surface area contributed by atoms with E-state index in [0.717, 1.165) is 17.0 Å². The summed E-state index contributed by atoms with van der Waals surface area (Å²) in [5.74, 6) is 1.70. The molecule has 0 bridgehead atoms. The highest BCUT2D eigenvalue weighted by atomic mass is 32.2. The maximum atomic E-state index is 12.8. The Morgan fingerprint density at radius 1 is 0.938 bits per heavy atom. The van der Waals surface area contributed by atoms with Crippen molar-refractivity contribution in [3.05, 3.63) is 54.6 Å². The molecule has 0 aliphatic carbocycles. The number of methoxy groups -OCH3 is 3. The molecule has 1 amide bonds. The lowest BCUT2D eigenvalue weighted by molar-refractivity contribution is -0.129. The highest BCUT2D eigenvalue weighted by Gasteiger charge is 2.19. The summed E-state index contributed by atoms with van der Waals surface area (Å²) >= 11 is 1.36. The molecule has 170 valence electrons. The van der Waals surface area contributed by atoms with Crippen LogP contribution >= 0.6 is 11.8 Å². The van der Waals surface area contributed by atoms with Gasteiger partial charge < -0.3 is 19.1 Å². The molecule has 0 saturated carbocycles. The lowest BCUT2D eigenvalue weighted by Gasteiger charge is -2.21. The van der Waals surface area contributed by atoms with Crippen LogP contribution in [0, 0.1) is 0 Å². The molecule has 0 atom stereocenters. The van der Waals surface area contributed by atoms with E-state index in [4.69, 9.17) is 14.2 Å². The second-order valence-electron chi connectivity index (χ2n) is 6.86. The number of amides is 1. The molecule has 0 aliphatic heterocycles. The summed E-state index contributed by atoms with van der Waals surface area (Å²) in [6.45, 7) is 1.98. The van der Waals surface area contributed by atoms with E-state index >= 15 is 0 Å². The van der Waals surface area contributed by atoms with Crippen LogP contribution in [0.15, 0.2) is 59.8 Å². The molecular weight excluding hydrogens is 428 g/mol. The predicted octanol–water partition coefficient (Wildman–Crippen LogP) is 3.16. The Labute approximate surface area is 192 Å². The fraction of sp³-hybridized carbons (Fsp3) is 0.348. The van der Waals surface area contributed by atoms with E-state index in [1.807, 2.05) is 59.2 Å². The van der Waals surface area contributed by atoms with Crippen LogP contribution in [-0.2, 0) is 14.3 Å². The smallest absolute Gasteiger partial charge is 0.233 e. The molecule has 9 heteroatoms. The monoisotopic (exact) mass is 456 g/mol. The zero-order chi connectivity index (χ0) is 22.8. The fourth-order valence-corrected chi connectivity index (χ4v) is 3.94. The van der Waals surface area contributed by atoms with E-state index < -0.39 is 0 Å². The first-order chi connectivity index (χ1) is 15.7. The Bertz CT molecular complexity index is 971. The first-order valence-corrected chi connectivity index (χ1v) is 11.2. The van der Waals surface area contributed by atoms with Crippen LogP contribution in [0.25, 0.3) is 17.1 Å². The summed E-state index contributed by atoms with van der Waals surface area (Å²) in [5, 5.41) is 9.47. The van der Waals surface area contributed by atoms with Gasteiger partial charge in [-0.25, -0.2) is 0 Å². The third-order valence-electron chi connectivity index (χ3n) is 4.80. The molecule has 0 spiro atoms. The molecule has 1 aromatic heterocycles. The molecule has 32 heavy (non-hydrogen) atoms. The Kier molecular flexibility index (Phi) is 9.09. The highest BCUT2D eigenvalue weighted by molar-refractivity contribution is 7.99. The van der Waals surface area contributed by atoms with Gasteiger partial charge in [-0.2, -0.15) is 0 Å². The van der Waals surface area contributed by atoms with Crippen molar-refractivity contribution in [1.29, 1.82) is 0 Å². The van der Waals surface area contributed by atoms with Crippen molar-refractivity contribution in [2.45, 2.75) is 5.16 Å². The molecule has 8 nitrogen and oxygen atoms in total. The molecule has 0 fully saturated rings. The van der Waals surface area contributed by atoms with Crippen LogP contribution in [0.2, 0.25) is 0 Å². The number of hydrogen-bond acceptors (Lipinski definition) is 7. The zero-order valence-corrected chi connectivity index (χ0v) is 19.4. The maximum Gasteiger partial charge on any atom is 0.233 e. The minimum atomic E-state index is -0.00212. The van der Waals surface area contributed by atoms with Crippen molar-refractivity contribution in [2.24, 2.45) is 0 Å². The van der Waals surface area contributed by atoms with Gasteiger partial charge in [0.2, 0.25) is 5.91 Å². The Morgan fingerprint density at radius 2 is 1.59 bits per heavy atom. The first-order valence-electron chi connectivity index (χ1n) is 10.2. The molecule has 2 aromatic carbocycles. The molecule has 0 saturated heterocycles. The van der Waals surface area contributed by atoms with Crippen LogP contribution < -0.4 is 4.74 Å². The predicted molar refractivity (Wildman–Crippen MR) is 124 cm³/mol. The van der Waals surface area contributed by atoms with E-state index in [2.05, 4.69) is 10.2 Å². The van der Waals surface area contributed by atoms with Gasteiger partial charge in [0.15, 0.2) is 11.0 Å².